The number of ether oxygens (including phenoxy) is 1. The molecule has 0 saturated carbocycles. The SMILES string of the molecule is Cc1ncc(C=O)cc1OCc1cccc(C#N)c1. The molecule has 0 aliphatic heterocycles. The minimum Gasteiger partial charge on any atom is -0.487 e. The van der Waals surface area contributed by atoms with Gasteiger partial charge in [0.05, 0.1) is 17.3 Å². The Bertz CT molecular complexity index is 645. The second-order valence-corrected chi connectivity index (χ2v) is 4.07. The predicted octanol–water partition coefficient (Wildman–Crippen LogP) is 2.65. The third-order valence-corrected chi connectivity index (χ3v) is 2.65. The highest BCUT2D eigenvalue weighted by atomic mass is 16.5. The monoisotopic (exact) mass is 252 g/mol. The van der Waals surface area contributed by atoms with Crippen LogP contribution in [0.5, 0.6) is 5.75 Å². The van der Waals surface area contributed by atoms with E-state index in [2.05, 4.69) is 11.1 Å². The molecule has 0 radical (unpaired) electrons. The molecule has 0 amide bonds. The maximum Gasteiger partial charge on any atom is 0.151 e. The second-order valence-electron chi connectivity index (χ2n) is 4.07. The Labute approximate surface area is 111 Å². The van der Waals surface area contributed by atoms with Crippen molar-refractivity contribution < 1.29 is 9.53 Å². The summed E-state index contributed by atoms with van der Waals surface area (Å²) in [5.74, 6) is 0.576. The lowest BCUT2D eigenvalue weighted by Gasteiger charge is -2.09. The van der Waals surface area contributed by atoms with E-state index in [9.17, 15) is 4.79 Å². The fourth-order valence-corrected chi connectivity index (χ4v) is 1.63. The quantitative estimate of drug-likeness (QED) is 0.785. The molecule has 0 N–H and O–H groups in total. The maximum atomic E-state index is 10.7. The molecule has 1 heterocycles. The number of hydrogen-bond acceptors (Lipinski definition) is 4. The van der Waals surface area contributed by atoms with Crippen molar-refractivity contribution in [3.63, 3.8) is 0 Å². The molecule has 2 rings (SSSR count). The van der Waals surface area contributed by atoms with Gasteiger partial charge >= 0.3 is 0 Å². The van der Waals surface area contributed by atoms with E-state index >= 15 is 0 Å². The van der Waals surface area contributed by atoms with Crippen molar-refractivity contribution in [2.24, 2.45) is 0 Å². The lowest BCUT2D eigenvalue weighted by atomic mass is 10.1. The molecule has 0 aliphatic carbocycles. The summed E-state index contributed by atoms with van der Waals surface area (Å²) in [6.07, 6.45) is 2.24. The fourth-order valence-electron chi connectivity index (χ4n) is 1.63. The summed E-state index contributed by atoms with van der Waals surface area (Å²) in [4.78, 5) is 14.8. The molecule has 0 spiro atoms. The summed E-state index contributed by atoms with van der Waals surface area (Å²) < 4.78 is 5.63. The standard InChI is InChI=1S/C15H12N2O2/c1-11-15(6-14(9-18)8-17-11)19-10-13-4-2-3-12(5-13)7-16/h2-6,8-9H,10H2,1H3. The van der Waals surface area contributed by atoms with Gasteiger partial charge in [0.15, 0.2) is 6.29 Å². The van der Waals surface area contributed by atoms with Crippen molar-refractivity contribution in [2.75, 3.05) is 0 Å². The zero-order valence-electron chi connectivity index (χ0n) is 10.5. The highest BCUT2D eigenvalue weighted by Gasteiger charge is 2.04. The van der Waals surface area contributed by atoms with E-state index in [0.717, 1.165) is 17.5 Å². The Balaban J connectivity index is 2.14. The minimum atomic E-state index is 0.334. The fraction of sp³-hybridized carbons (Fsp3) is 0.133. The van der Waals surface area contributed by atoms with Gasteiger partial charge in [-0.25, -0.2) is 0 Å². The number of aromatic nitrogens is 1. The van der Waals surface area contributed by atoms with Crippen LogP contribution in [0.4, 0.5) is 0 Å². The summed E-state index contributed by atoms with van der Waals surface area (Å²) in [5.41, 5.74) is 2.70. The zero-order valence-corrected chi connectivity index (χ0v) is 10.5. The van der Waals surface area contributed by atoms with Gasteiger partial charge in [0, 0.05) is 11.8 Å². The maximum absolute atomic E-state index is 10.7. The molecule has 1 aromatic carbocycles. The van der Waals surface area contributed by atoms with Crippen molar-refractivity contribution >= 4 is 6.29 Å². The Morgan fingerprint density at radius 3 is 3.00 bits per heavy atom. The Morgan fingerprint density at radius 1 is 1.42 bits per heavy atom. The van der Waals surface area contributed by atoms with Gasteiger partial charge in [0.2, 0.25) is 0 Å². The highest BCUT2D eigenvalue weighted by molar-refractivity contribution is 5.74. The van der Waals surface area contributed by atoms with Gasteiger partial charge in [-0.2, -0.15) is 5.26 Å². The first-order valence-corrected chi connectivity index (χ1v) is 5.76. The van der Waals surface area contributed by atoms with Crippen LogP contribution in [-0.2, 0) is 6.61 Å². The molecule has 0 aliphatic rings. The topological polar surface area (TPSA) is 63.0 Å². The van der Waals surface area contributed by atoms with Crippen molar-refractivity contribution in [1.29, 1.82) is 5.26 Å². The Morgan fingerprint density at radius 2 is 2.26 bits per heavy atom. The third-order valence-electron chi connectivity index (χ3n) is 2.65. The number of nitrogens with zero attached hydrogens (tertiary/aromatic N) is 2. The molecule has 0 saturated heterocycles. The van der Waals surface area contributed by atoms with Crippen LogP contribution in [0.15, 0.2) is 36.5 Å². The van der Waals surface area contributed by atoms with Gasteiger partial charge < -0.3 is 4.74 Å². The number of pyridine rings is 1. The summed E-state index contributed by atoms with van der Waals surface area (Å²) in [6, 6.07) is 10.9. The van der Waals surface area contributed by atoms with E-state index in [1.54, 1.807) is 18.2 Å². The van der Waals surface area contributed by atoms with E-state index < -0.39 is 0 Å². The van der Waals surface area contributed by atoms with Crippen LogP contribution in [0.3, 0.4) is 0 Å². The molecule has 1 aromatic heterocycles. The van der Waals surface area contributed by atoms with Crippen LogP contribution < -0.4 is 4.74 Å². The predicted molar refractivity (Wildman–Crippen MR) is 69.9 cm³/mol. The largest absolute Gasteiger partial charge is 0.487 e. The third kappa shape index (κ3) is 3.17. The number of rotatable bonds is 4. The molecule has 4 heteroatoms. The van der Waals surface area contributed by atoms with Crippen LogP contribution >= 0.6 is 0 Å². The Hall–Kier alpha value is -2.67. The van der Waals surface area contributed by atoms with Crippen LogP contribution in [0, 0.1) is 18.3 Å². The number of benzene rings is 1. The van der Waals surface area contributed by atoms with E-state index in [1.165, 1.54) is 6.20 Å². The second kappa shape index (κ2) is 5.78. The molecule has 0 atom stereocenters. The molecule has 0 unspecified atom stereocenters. The molecule has 2 aromatic rings. The molecule has 4 nitrogen and oxygen atoms in total. The zero-order chi connectivity index (χ0) is 13.7. The molecule has 0 fully saturated rings. The molecule has 19 heavy (non-hydrogen) atoms. The smallest absolute Gasteiger partial charge is 0.151 e. The van der Waals surface area contributed by atoms with Crippen LogP contribution in [0.1, 0.15) is 27.2 Å². The normalized spacial score (nSPS) is 9.68. The van der Waals surface area contributed by atoms with E-state index in [1.807, 2.05) is 19.1 Å². The number of carbonyl (C=O) groups is 1. The van der Waals surface area contributed by atoms with Crippen molar-refractivity contribution in [3.8, 4) is 11.8 Å². The number of aryl methyl sites for hydroxylation is 1. The van der Waals surface area contributed by atoms with Crippen molar-refractivity contribution in [1.82, 2.24) is 4.98 Å². The van der Waals surface area contributed by atoms with Gasteiger partial charge in [-0.15, -0.1) is 0 Å². The summed E-state index contributed by atoms with van der Waals surface area (Å²) in [6.45, 7) is 2.15. The highest BCUT2D eigenvalue weighted by Crippen LogP contribution is 2.18. The number of carbonyl (C=O) groups excluding carboxylic acids is 1. The summed E-state index contributed by atoms with van der Waals surface area (Å²) in [5, 5.41) is 8.82. The molecule has 94 valence electrons. The van der Waals surface area contributed by atoms with Crippen molar-refractivity contribution in [2.45, 2.75) is 13.5 Å². The average molecular weight is 252 g/mol. The Kier molecular flexibility index (Phi) is 3.89. The summed E-state index contributed by atoms with van der Waals surface area (Å²) in [7, 11) is 0. The van der Waals surface area contributed by atoms with Gasteiger partial charge in [-0.05, 0) is 30.7 Å². The first-order chi connectivity index (χ1) is 9.22. The van der Waals surface area contributed by atoms with Gasteiger partial charge in [-0.1, -0.05) is 12.1 Å². The number of hydrogen-bond donors (Lipinski definition) is 0. The van der Waals surface area contributed by atoms with Gasteiger partial charge in [-0.3, -0.25) is 9.78 Å². The first kappa shape index (κ1) is 12.8. The lowest BCUT2D eigenvalue weighted by Crippen LogP contribution is -1.99. The van der Waals surface area contributed by atoms with Crippen LogP contribution in [0.25, 0.3) is 0 Å². The molecular weight excluding hydrogens is 240 g/mol. The van der Waals surface area contributed by atoms with Crippen LogP contribution in [0.2, 0.25) is 0 Å². The lowest BCUT2D eigenvalue weighted by molar-refractivity contribution is 0.112. The summed E-state index contributed by atoms with van der Waals surface area (Å²) >= 11 is 0. The van der Waals surface area contributed by atoms with Crippen molar-refractivity contribution in [3.05, 3.63) is 58.9 Å². The average Bonchev–Trinajstić information content (AvgIpc) is 2.46. The van der Waals surface area contributed by atoms with E-state index in [-0.39, 0.29) is 0 Å². The minimum absolute atomic E-state index is 0.334. The number of aldehydes is 1. The molecule has 0 bridgehead atoms. The van der Waals surface area contributed by atoms with Gasteiger partial charge in [0.1, 0.15) is 12.4 Å². The van der Waals surface area contributed by atoms with E-state index in [4.69, 9.17) is 10.00 Å². The molecular formula is C15H12N2O2. The van der Waals surface area contributed by atoms with E-state index in [0.29, 0.717) is 23.5 Å². The first-order valence-electron chi connectivity index (χ1n) is 5.76. The van der Waals surface area contributed by atoms with Gasteiger partial charge in [0.25, 0.3) is 0 Å². The number of nitriles is 1. The van der Waals surface area contributed by atoms with Crippen LogP contribution in [-0.4, -0.2) is 11.3 Å².